The molecule has 3 N–H and O–H groups in total. The number of nitrogens with one attached hydrogen (secondary N) is 1. The van der Waals surface area contributed by atoms with Crippen LogP contribution in [0.1, 0.15) is 5.56 Å². The summed E-state index contributed by atoms with van der Waals surface area (Å²) in [7, 11) is -2.70. The lowest BCUT2D eigenvalue weighted by Gasteiger charge is -2.25. The molecule has 0 unspecified atom stereocenters. The Kier molecular flexibility index (Phi) is 6.96. The minimum Gasteiger partial charge on any atom is -0.504 e. The summed E-state index contributed by atoms with van der Waals surface area (Å²) < 4.78 is 32.8. The molecule has 0 saturated heterocycles. The van der Waals surface area contributed by atoms with E-state index in [1.54, 1.807) is 36.4 Å². The SMILES string of the molecule is COc1ccccc1N(CC(=O)N/N=C/c1cccc(O)c1O)S(=O)(=O)c1ccccc1. The van der Waals surface area contributed by atoms with Gasteiger partial charge < -0.3 is 14.9 Å². The van der Waals surface area contributed by atoms with Crippen LogP contribution in [0.25, 0.3) is 0 Å². The predicted octanol–water partition coefficient (Wildman–Crippen LogP) is 2.45. The van der Waals surface area contributed by atoms with E-state index in [0.29, 0.717) is 0 Å². The molecule has 0 atom stereocenters. The van der Waals surface area contributed by atoms with Crippen LogP contribution in [0.15, 0.2) is 82.8 Å². The number of phenols is 2. The number of hydrogen-bond donors (Lipinski definition) is 3. The number of para-hydroxylation sites is 3. The van der Waals surface area contributed by atoms with Gasteiger partial charge in [-0.1, -0.05) is 36.4 Å². The molecule has 0 radical (unpaired) electrons. The summed E-state index contributed by atoms with van der Waals surface area (Å²) in [5.41, 5.74) is 2.58. The number of ether oxygens (including phenoxy) is 1. The zero-order valence-electron chi connectivity index (χ0n) is 17.0. The van der Waals surface area contributed by atoms with Crippen LogP contribution < -0.4 is 14.5 Å². The first kappa shape index (κ1) is 22.6. The fourth-order valence-electron chi connectivity index (χ4n) is 2.85. The van der Waals surface area contributed by atoms with Gasteiger partial charge in [0.15, 0.2) is 11.5 Å². The van der Waals surface area contributed by atoms with Crippen LogP contribution in [0.5, 0.6) is 17.2 Å². The Morgan fingerprint density at radius 3 is 2.44 bits per heavy atom. The molecule has 0 heterocycles. The van der Waals surface area contributed by atoms with Gasteiger partial charge in [-0.05, 0) is 36.4 Å². The number of anilines is 1. The second-order valence-electron chi connectivity index (χ2n) is 6.50. The van der Waals surface area contributed by atoms with Gasteiger partial charge >= 0.3 is 0 Å². The van der Waals surface area contributed by atoms with E-state index >= 15 is 0 Å². The molecule has 10 heteroatoms. The second-order valence-corrected chi connectivity index (χ2v) is 8.37. The van der Waals surface area contributed by atoms with Crippen LogP contribution in [0, 0.1) is 0 Å². The third-order valence-corrected chi connectivity index (χ3v) is 6.19. The molecule has 9 nitrogen and oxygen atoms in total. The third kappa shape index (κ3) is 4.98. The number of phenolic OH excluding ortho intramolecular Hbond substituents is 2. The predicted molar refractivity (Wildman–Crippen MR) is 119 cm³/mol. The second kappa shape index (κ2) is 9.84. The highest BCUT2D eigenvalue weighted by Crippen LogP contribution is 2.32. The van der Waals surface area contributed by atoms with E-state index in [-0.39, 0.29) is 27.6 Å². The molecule has 3 rings (SSSR count). The maximum Gasteiger partial charge on any atom is 0.264 e. The van der Waals surface area contributed by atoms with Crippen molar-refractivity contribution in [2.24, 2.45) is 5.10 Å². The maximum absolute atomic E-state index is 13.3. The molecule has 0 fully saturated rings. The van der Waals surface area contributed by atoms with E-state index in [1.807, 2.05) is 0 Å². The zero-order valence-corrected chi connectivity index (χ0v) is 17.9. The van der Waals surface area contributed by atoms with Gasteiger partial charge in [0.05, 0.1) is 23.9 Å². The van der Waals surface area contributed by atoms with E-state index in [9.17, 15) is 23.4 Å². The minimum absolute atomic E-state index is 0.00638. The van der Waals surface area contributed by atoms with Gasteiger partial charge in [0.25, 0.3) is 15.9 Å². The summed E-state index contributed by atoms with van der Waals surface area (Å²) in [6.45, 7) is -0.582. The number of rotatable bonds is 8. The number of sulfonamides is 1. The molecule has 32 heavy (non-hydrogen) atoms. The Morgan fingerprint density at radius 2 is 1.72 bits per heavy atom. The van der Waals surface area contributed by atoms with E-state index in [2.05, 4.69) is 10.5 Å². The first-order valence-corrected chi connectivity index (χ1v) is 10.8. The van der Waals surface area contributed by atoms with E-state index in [4.69, 9.17) is 4.74 Å². The number of aromatic hydroxyl groups is 2. The summed E-state index contributed by atoms with van der Waals surface area (Å²) in [5, 5.41) is 23.0. The van der Waals surface area contributed by atoms with Gasteiger partial charge in [-0.15, -0.1) is 0 Å². The van der Waals surface area contributed by atoms with Crippen LogP contribution in [0.3, 0.4) is 0 Å². The minimum atomic E-state index is -4.10. The highest BCUT2D eigenvalue weighted by Gasteiger charge is 2.29. The van der Waals surface area contributed by atoms with Gasteiger partial charge in [0.1, 0.15) is 12.3 Å². The number of hydrazone groups is 1. The lowest BCUT2D eigenvalue weighted by molar-refractivity contribution is -0.119. The van der Waals surface area contributed by atoms with Crippen molar-refractivity contribution < 1.29 is 28.2 Å². The van der Waals surface area contributed by atoms with E-state index < -0.39 is 28.2 Å². The van der Waals surface area contributed by atoms with Crippen molar-refractivity contribution in [1.82, 2.24) is 5.43 Å². The molecule has 1 amide bonds. The largest absolute Gasteiger partial charge is 0.504 e. The summed E-state index contributed by atoms with van der Waals surface area (Å²) in [5.74, 6) is -1.19. The van der Waals surface area contributed by atoms with E-state index in [0.717, 1.165) is 10.5 Å². The highest BCUT2D eigenvalue weighted by molar-refractivity contribution is 7.92. The first-order valence-electron chi connectivity index (χ1n) is 9.38. The zero-order chi connectivity index (χ0) is 23.1. The Bertz CT molecular complexity index is 1230. The number of amides is 1. The van der Waals surface area contributed by atoms with Crippen molar-refractivity contribution in [3.05, 3.63) is 78.4 Å². The number of hydrogen-bond acceptors (Lipinski definition) is 7. The quantitative estimate of drug-likeness (QED) is 0.272. The van der Waals surface area contributed by atoms with E-state index in [1.165, 1.54) is 43.5 Å². The molecule has 3 aromatic carbocycles. The Balaban J connectivity index is 1.88. The van der Waals surface area contributed by atoms with Crippen molar-refractivity contribution in [1.29, 1.82) is 0 Å². The van der Waals surface area contributed by atoms with Crippen LogP contribution in [-0.4, -0.2) is 44.4 Å². The average molecular weight is 455 g/mol. The number of carbonyl (C=O) groups excluding carboxylic acids is 1. The standard InChI is InChI=1S/C22H21N3O6S/c1-31-20-13-6-5-11-18(20)25(32(29,30)17-9-3-2-4-10-17)15-21(27)24-23-14-16-8-7-12-19(26)22(16)28/h2-14,26,28H,15H2,1H3,(H,24,27)/b23-14+. The number of carbonyl (C=O) groups is 1. The third-order valence-electron chi connectivity index (χ3n) is 4.41. The number of methoxy groups -OCH3 is 1. The summed E-state index contributed by atoms with van der Waals surface area (Å²) in [4.78, 5) is 12.6. The normalized spacial score (nSPS) is 11.3. The molecule has 0 aliphatic rings. The fraction of sp³-hybridized carbons (Fsp3) is 0.0909. The smallest absolute Gasteiger partial charge is 0.264 e. The molecule has 3 aromatic rings. The monoisotopic (exact) mass is 455 g/mol. The highest BCUT2D eigenvalue weighted by atomic mass is 32.2. The van der Waals surface area contributed by atoms with Crippen molar-refractivity contribution in [2.45, 2.75) is 4.90 Å². The van der Waals surface area contributed by atoms with Crippen LogP contribution in [-0.2, 0) is 14.8 Å². The number of benzene rings is 3. The summed E-state index contributed by atoms with van der Waals surface area (Å²) in [6.07, 6.45) is 1.13. The van der Waals surface area contributed by atoms with Gasteiger partial charge in [-0.25, -0.2) is 13.8 Å². The molecular weight excluding hydrogens is 434 g/mol. The first-order chi connectivity index (χ1) is 15.3. The maximum atomic E-state index is 13.3. The van der Waals surface area contributed by atoms with Crippen LogP contribution >= 0.6 is 0 Å². The fourth-order valence-corrected chi connectivity index (χ4v) is 4.30. The van der Waals surface area contributed by atoms with Crippen LogP contribution in [0.4, 0.5) is 5.69 Å². The average Bonchev–Trinajstić information content (AvgIpc) is 2.80. The topological polar surface area (TPSA) is 129 Å². The van der Waals surface area contributed by atoms with Crippen molar-refractivity contribution >= 4 is 27.8 Å². The molecule has 0 bridgehead atoms. The van der Waals surface area contributed by atoms with Gasteiger partial charge in [-0.3, -0.25) is 9.10 Å². The van der Waals surface area contributed by atoms with Crippen molar-refractivity contribution in [2.75, 3.05) is 18.0 Å². The Morgan fingerprint density at radius 1 is 1.03 bits per heavy atom. The molecule has 0 aliphatic carbocycles. The molecule has 0 spiro atoms. The van der Waals surface area contributed by atoms with Crippen LogP contribution in [0.2, 0.25) is 0 Å². The van der Waals surface area contributed by atoms with Crippen molar-refractivity contribution in [3.8, 4) is 17.2 Å². The van der Waals surface area contributed by atoms with Crippen molar-refractivity contribution in [3.63, 3.8) is 0 Å². The van der Waals surface area contributed by atoms with Gasteiger partial charge in [0.2, 0.25) is 0 Å². The molecular formula is C22H21N3O6S. The summed E-state index contributed by atoms with van der Waals surface area (Å²) >= 11 is 0. The summed E-state index contributed by atoms with van der Waals surface area (Å²) in [6, 6.07) is 18.4. The molecule has 0 aromatic heterocycles. The molecule has 0 saturated carbocycles. The molecule has 0 aliphatic heterocycles. The number of nitrogens with zero attached hydrogens (tertiary/aromatic N) is 2. The van der Waals surface area contributed by atoms with Gasteiger partial charge in [-0.2, -0.15) is 5.10 Å². The Hall–Kier alpha value is -4.05. The van der Waals surface area contributed by atoms with Gasteiger partial charge in [0, 0.05) is 5.56 Å². The lowest BCUT2D eigenvalue weighted by Crippen LogP contribution is -2.39. The molecule has 166 valence electrons. The Labute approximate surface area is 185 Å². The lowest BCUT2D eigenvalue weighted by atomic mass is 10.2.